The first-order chi connectivity index (χ1) is 8.02. The first-order valence-corrected chi connectivity index (χ1v) is 5.42. The number of halogens is 1. The van der Waals surface area contributed by atoms with E-state index in [1.807, 2.05) is 13.0 Å². The summed E-state index contributed by atoms with van der Waals surface area (Å²) in [7, 11) is 0. The summed E-state index contributed by atoms with van der Waals surface area (Å²) in [5.74, 6) is -0.590. The standard InChI is InChI=1S/C12H11ClN2O2/c1-6-3-8-10(13)5-7(2)14-11(8)9(4-6)12(16)15-17/h3-5,17H,1-2H3,(H,15,16). The summed E-state index contributed by atoms with van der Waals surface area (Å²) in [5, 5.41) is 9.97. The van der Waals surface area contributed by atoms with Crippen LogP contribution in [0.1, 0.15) is 21.6 Å². The van der Waals surface area contributed by atoms with Gasteiger partial charge >= 0.3 is 0 Å². The fourth-order valence-corrected chi connectivity index (χ4v) is 2.09. The molecule has 2 aromatic rings. The molecule has 0 atom stereocenters. The Kier molecular flexibility index (Phi) is 3.00. The third-order valence-electron chi connectivity index (χ3n) is 2.48. The third-order valence-corrected chi connectivity index (χ3v) is 2.79. The van der Waals surface area contributed by atoms with E-state index in [1.165, 1.54) is 0 Å². The summed E-state index contributed by atoms with van der Waals surface area (Å²) < 4.78 is 0. The van der Waals surface area contributed by atoms with Crippen molar-refractivity contribution in [3.63, 3.8) is 0 Å². The fourth-order valence-electron chi connectivity index (χ4n) is 1.78. The van der Waals surface area contributed by atoms with Crippen LogP contribution in [0, 0.1) is 13.8 Å². The van der Waals surface area contributed by atoms with Gasteiger partial charge in [0.1, 0.15) is 0 Å². The summed E-state index contributed by atoms with van der Waals surface area (Å²) in [5.41, 5.74) is 4.02. The van der Waals surface area contributed by atoms with Crippen LogP contribution in [0.2, 0.25) is 5.02 Å². The largest absolute Gasteiger partial charge is 0.288 e. The molecule has 0 bridgehead atoms. The molecule has 1 heterocycles. The van der Waals surface area contributed by atoms with Gasteiger partial charge in [0.05, 0.1) is 16.1 Å². The molecule has 4 nitrogen and oxygen atoms in total. The highest BCUT2D eigenvalue weighted by atomic mass is 35.5. The average molecular weight is 251 g/mol. The van der Waals surface area contributed by atoms with Gasteiger partial charge in [0.25, 0.3) is 5.91 Å². The van der Waals surface area contributed by atoms with E-state index in [-0.39, 0.29) is 0 Å². The zero-order valence-electron chi connectivity index (χ0n) is 9.41. The SMILES string of the molecule is Cc1cc(C(=O)NO)c2nc(C)cc(Cl)c2c1. The number of aromatic nitrogens is 1. The molecule has 0 saturated heterocycles. The van der Waals surface area contributed by atoms with E-state index in [0.717, 1.165) is 11.3 Å². The second kappa shape index (κ2) is 4.31. The van der Waals surface area contributed by atoms with E-state index in [4.69, 9.17) is 16.8 Å². The average Bonchev–Trinajstić information content (AvgIpc) is 2.28. The van der Waals surface area contributed by atoms with Crippen molar-refractivity contribution in [1.29, 1.82) is 0 Å². The van der Waals surface area contributed by atoms with Gasteiger partial charge in [-0.25, -0.2) is 5.48 Å². The molecule has 0 radical (unpaired) electrons. The van der Waals surface area contributed by atoms with Crippen LogP contribution in [0.5, 0.6) is 0 Å². The van der Waals surface area contributed by atoms with Crippen LogP contribution in [0.3, 0.4) is 0 Å². The van der Waals surface area contributed by atoms with Crippen molar-refractivity contribution in [2.75, 3.05) is 0 Å². The number of hydrogen-bond donors (Lipinski definition) is 2. The van der Waals surface area contributed by atoms with Crippen LogP contribution in [0.4, 0.5) is 0 Å². The van der Waals surface area contributed by atoms with Gasteiger partial charge in [-0.05, 0) is 37.6 Å². The Morgan fingerprint density at radius 1 is 1.35 bits per heavy atom. The molecule has 2 N–H and O–H groups in total. The van der Waals surface area contributed by atoms with Crippen LogP contribution in [-0.4, -0.2) is 16.1 Å². The molecule has 2 rings (SSSR count). The van der Waals surface area contributed by atoms with E-state index >= 15 is 0 Å². The van der Waals surface area contributed by atoms with Crippen LogP contribution in [-0.2, 0) is 0 Å². The molecule has 0 fully saturated rings. The Balaban J connectivity index is 2.87. The molecule has 0 saturated carbocycles. The number of fused-ring (bicyclic) bond motifs is 1. The van der Waals surface area contributed by atoms with Crippen molar-refractivity contribution in [2.24, 2.45) is 0 Å². The van der Waals surface area contributed by atoms with Gasteiger partial charge in [0.2, 0.25) is 0 Å². The van der Waals surface area contributed by atoms with Gasteiger partial charge in [0, 0.05) is 11.1 Å². The molecule has 0 aliphatic heterocycles. The lowest BCUT2D eigenvalue weighted by atomic mass is 10.0. The van der Waals surface area contributed by atoms with Crippen LogP contribution in [0.15, 0.2) is 18.2 Å². The van der Waals surface area contributed by atoms with Crippen molar-refractivity contribution in [3.05, 3.63) is 40.0 Å². The van der Waals surface area contributed by atoms with Crippen LogP contribution < -0.4 is 5.48 Å². The minimum absolute atomic E-state index is 0.313. The number of pyridine rings is 1. The highest BCUT2D eigenvalue weighted by Gasteiger charge is 2.13. The zero-order valence-corrected chi connectivity index (χ0v) is 10.2. The number of nitrogens with zero attached hydrogens (tertiary/aromatic N) is 1. The van der Waals surface area contributed by atoms with Crippen molar-refractivity contribution in [1.82, 2.24) is 10.5 Å². The van der Waals surface area contributed by atoms with Gasteiger partial charge in [0.15, 0.2) is 0 Å². The van der Waals surface area contributed by atoms with Crippen LogP contribution >= 0.6 is 11.6 Å². The van der Waals surface area contributed by atoms with E-state index in [2.05, 4.69) is 4.98 Å². The molecule has 1 amide bonds. The summed E-state index contributed by atoms with van der Waals surface area (Å²) >= 11 is 6.12. The zero-order chi connectivity index (χ0) is 12.6. The number of amides is 1. The second-order valence-electron chi connectivity index (χ2n) is 3.90. The Bertz CT molecular complexity index is 611. The molecule has 5 heteroatoms. The molecule has 1 aromatic carbocycles. The van der Waals surface area contributed by atoms with Gasteiger partial charge in [-0.1, -0.05) is 11.6 Å². The normalized spacial score (nSPS) is 10.6. The molecule has 88 valence electrons. The lowest BCUT2D eigenvalue weighted by molar-refractivity contribution is 0.0708. The van der Waals surface area contributed by atoms with Crippen LogP contribution in [0.25, 0.3) is 10.9 Å². The van der Waals surface area contributed by atoms with Crippen molar-refractivity contribution in [3.8, 4) is 0 Å². The lowest BCUT2D eigenvalue weighted by Crippen LogP contribution is -2.19. The Morgan fingerprint density at radius 2 is 2.06 bits per heavy atom. The lowest BCUT2D eigenvalue weighted by Gasteiger charge is -2.08. The molecule has 0 unspecified atom stereocenters. The van der Waals surface area contributed by atoms with Crippen molar-refractivity contribution in [2.45, 2.75) is 13.8 Å². The quantitative estimate of drug-likeness (QED) is 0.604. The number of hydroxylamine groups is 1. The maximum absolute atomic E-state index is 11.6. The topological polar surface area (TPSA) is 62.2 Å². The van der Waals surface area contributed by atoms with Gasteiger partial charge in [-0.3, -0.25) is 15.0 Å². The number of rotatable bonds is 1. The first-order valence-electron chi connectivity index (χ1n) is 5.05. The number of carbonyl (C=O) groups excluding carboxylic acids is 1. The monoisotopic (exact) mass is 250 g/mol. The predicted molar refractivity (Wildman–Crippen MR) is 65.5 cm³/mol. The number of nitrogens with one attached hydrogen (secondary N) is 1. The minimum atomic E-state index is -0.590. The summed E-state index contributed by atoms with van der Waals surface area (Å²) in [6, 6.07) is 5.26. The van der Waals surface area contributed by atoms with Gasteiger partial charge in [-0.15, -0.1) is 0 Å². The molecule has 0 aliphatic rings. The van der Waals surface area contributed by atoms with Gasteiger partial charge in [-0.2, -0.15) is 0 Å². The highest BCUT2D eigenvalue weighted by molar-refractivity contribution is 6.35. The van der Waals surface area contributed by atoms with E-state index in [9.17, 15) is 4.79 Å². The molecule has 0 spiro atoms. The number of benzene rings is 1. The summed E-state index contributed by atoms with van der Waals surface area (Å²) in [6.45, 7) is 3.65. The fraction of sp³-hybridized carbons (Fsp3) is 0.167. The molecule has 17 heavy (non-hydrogen) atoms. The number of hydrogen-bond acceptors (Lipinski definition) is 3. The van der Waals surface area contributed by atoms with E-state index in [1.54, 1.807) is 24.5 Å². The Morgan fingerprint density at radius 3 is 2.71 bits per heavy atom. The van der Waals surface area contributed by atoms with E-state index < -0.39 is 5.91 Å². The Labute approximate surface area is 103 Å². The molecular weight excluding hydrogens is 240 g/mol. The maximum atomic E-state index is 11.6. The molecular formula is C12H11ClN2O2. The number of carbonyl (C=O) groups is 1. The van der Waals surface area contributed by atoms with Crippen molar-refractivity contribution < 1.29 is 10.0 Å². The summed E-state index contributed by atoms with van der Waals surface area (Å²) in [6.07, 6.45) is 0. The maximum Gasteiger partial charge on any atom is 0.276 e. The highest BCUT2D eigenvalue weighted by Crippen LogP contribution is 2.27. The summed E-state index contributed by atoms with van der Waals surface area (Å²) in [4.78, 5) is 15.8. The second-order valence-corrected chi connectivity index (χ2v) is 4.30. The van der Waals surface area contributed by atoms with Gasteiger partial charge < -0.3 is 0 Å². The minimum Gasteiger partial charge on any atom is -0.288 e. The molecule has 1 aromatic heterocycles. The smallest absolute Gasteiger partial charge is 0.276 e. The predicted octanol–water partition coefficient (Wildman–Crippen LogP) is 2.62. The Hall–Kier alpha value is -1.65. The van der Waals surface area contributed by atoms with E-state index in [0.29, 0.717) is 21.5 Å². The van der Waals surface area contributed by atoms with Crippen molar-refractivity contribution >= 4 is 28.4 Å². The first kappa shape index (κ1) is 11.8. The molecule has 0 aliphatic carbocycles. The third kappa shape index (κ3) is 2.09. The number of aryl methyl sites for hydroxylation is 2.